The Labute approximate surface area is 135 Å². The molecule has 4 atom stereocenters. The molecule has 0 heterocycles. The van der Waals surface area contributed by atoms with E-state index < -0.39 is 0 Å². The Kier molecular flexibility index (Phi) is 5.32. The van der Waals surface area contributed by atoms with Gasteiger partial charge in [-0.25, -0.2) is 0 Å². The SMILES string of the molecule is C=C1CCC2[C@@](C)(C=O)CCC[C@@]2(C)[C@@H]1CC/C(C)=C/CO. The Morgan fingerprint density at radius 2 is 2.14 bits per heavy atom. The van der Waals surface area contributed by atoms with Gasteiger partial charge in [0.1, 0.15) is 6.29 Å². The van der Waals surface area contributed by atoms with Gasteiger partial charge in [0, 0.05) is 5.41 Å². The number of carbonyl (C=O) groups excluding carboxylic acids is 1. The molecule has 22 heavy (non-hydrogen) atoms. The zero-order valence-electron chi connectivity index (χ0n) is 14.5. The standard InChI is InChI=1S/C20H32O2/c1-15(10-13-21)6-8-17-16(2)7-9-18-19(3,14-22)11-5-12-20(17,18)4/h10,14,17-18,21H,2,5-9,11-13H2,1,3-4H3/b15-10+/t17-,18?,19-,20+/m1/s1. The Bertz CT molecular complexity index is 464. The van der Waals surface area contributed by atoms with Crippen molar-refractivity contribution in [2.24, 2.45) is 22.7 Å². The van der Waals surface area contributed by atoms with Gasteiger partial charge in [0.05, 0.1) is 6.61 Å². The summed E-state index contributed by atoms with van der Waals surface area (Å²) in [6, 6.07) is 0. The molecule has 0 bridgehead atoms. The summed E-state index contributed by atoms with van der Waals surface area (Å²) in [5.74, 6) is 0.997. The van der Waals surface area contributed by atoms with Gasteiger partial charge in [-0.1, -0.05) is 44.1 Å². The lowest BCUT2D eigenvalue weighted by molar-refractivity contribution is -0.130. The van der Waals surface area contributed by atoms with Crippen molar-refractivity contribution in [2.75, 3.05) is 6.61 Å². The molecule has 2 fully saturated rings. The summed E-state index contributed by atoms with van der Waals surface area (Å²) >= 11 is 0. The molecule has 0 aromatic heterocycles. The molecule has 0 aliphatic heterocycles. The lowest BCUT2D eigenvalue weighted by atomic mass is 9.47. The number of hydrogen-bond donors (Lipinski definition) is 1. The third-order valence-corrected chi connectivity index (χ3v) is 6.60. The molecule has 2 rings (SSSR count). The quantitative estimate of drug-likeness (QED) is 0.591. The van der Waals surface area contributed by atoms with Crippen molar-refractivity contribution in [2.45, 2.75) is 65.7 Å². The molecule has 2 nitrogen and oxygen atoms in total. The molecule has 2 aliphatic carbocycles. The second kappa shape index (κ2) is 6.70. The van der Waals surface area contributed by atoms with Gasteiger partial charge >= 0.3 is 0 Å². The van der Waals surface area contributed by atoms with Crippen LogP contribution in [0.2, 0.25) is 0 Å². The normalized spacial score (nSPS) is 39.5. The third-order valence-electron chi connectivity index (χ3n) is 6.60. The topological polar surface area (TPSA) is 37.3 Å². The molecular weight excluding hydrogens is 272 g/mol. The Hall–Kier alpha value is -0.890. The van der Waals surface area contributed by atoms with Crippen molar-refractivity contribution in [3.05, 3.63) is 23.8 Å². The first-order chi connectivity index (χ1) is 10.4. The maximum absolute atomic E-state index is 11.8. The van der Waals surface area contributed by atoms with Crippen LogP contribution in [0.4, 0.5) is 0 Å². The molecule has 1 unspecified atom stereocenters. The van der Waals surface area contributed by atoms with Gasteiger partial charge in [-0.15, -0.1) is 0 Å². The smallest absolute Gasteiger partial charge is 0.126 e. The van der Waals surface area contributed by atoms with Crippen LogP contribution in [0.15, 0.2) is 23.8 Å². The second-order valence-corrected chi connectivity index (χ2v) is 8.06. The molecule has 2 saturated carbocycles. The molecule has 1 N–H and O–H groups in total. The summed E-state index contributed by atoms with van der Waals surface area (Å²) in [4.78, 5) is 11.8. The van der Waals surface area contributed by atoms with Gasteiger partial charge in [-0.2, -0.15) is 0 Å². The zero-order chi connectivity index (χ0) is 16.4. The van der Waals surface area contributed by atoms with Crippen molar-refractivity contribution in [3.63, 3.8) is 0 Å². The minimum Gasteiger partial charge on any atom is -0.392 e. The average molecular weight is 304 g/mol. The van der Waals surface area contributed by atoms with Gasteiger partial charge in [-0.05, 0) is 62.7 Å². The van der Waals surface area contributed by atoms with Crippen LogP contribution < -0.4 is 0 Å². The van der Waals surface area contributed by atoms with E-state index in [9.17, 15) is 4.79 Å². The van der Waals surface area contributed by atoms with Crippen LogP contribution in [0.1, 0.15) is 65.7 Å². The van der Waals surface area contributed by atoms with Crippen molar-refractivity contribution in [1.29, 1.82) is 0 Å². The van der Waals surface area contributed by atoms with Crippen LogP contribution in [0.25, 0.3) is 0 Å². The van der Waals surface area contributed by atoms with E-state index >= 15 is 0 Å². The highest BCUT2D eigenvalue weighted by molar-refractivity contribution is 5.60. The van der Waals surface area contributed by atoms with E-state index in [0.29, 0.717) is 11.8 Å². The molecule has 124 valence electrons. The van der Waals surface area contributed by atoms with Crippen LogP contribution in [-0.4, -0.2) is 18.0 Å². The Balaban J connectivity index is 2.22. The van der Waals surface area contributed by atoms with Crippen LogP contribution in [0.5, 0.6) is 0 Å². The zero-order valence-corrected chi connectivity index (χ0v) is 14.5. The van der Waals surface area contributed by atoms with Gasteiger partial charge in [0.15, 0.2) is 0 Å². The highest BCUT2D eigenvalue weighted by atomic mass is 16.2. The van der Waals surface area contributed by atoms with Crippen molar-refractivity contribution >= 4 is 6.29 Å². The maximum atomic E-state index is 11.8. The first-order valence-electron chi connectivity index (χ1n) is 8.78. The molecule has 2 heteroatoms. The third kappa shape index (κ3) is 3.08. The number of carbonyl (C=O) groups is 1. The van der Waals surface area contributed by atoms with E-state index in [0.717, 1.165) is 38.5 Å². The van der Waals surface area contributed by atoms with Gasteiger partial charge in [0.2, 0.25) is 0 Å². The van der Waals surface area contributed by atoms with E-state index in [1.165, 1.54) is 23.9 Å². The van der Waals surface area contributed by atoms with Gasteiger partial charge < -0.3 is 9.90 Å². The van der Waals surface area contributed by atoms with E-state index in [1.54, 1.807) is 0 Å². The van der Waals surface area contributed by atoms with E-state index in [1.807, 2.05) is 6.08 Å². The number of allylic oxidation sites excluding steroid dienone is 2. The van der Waals surface area contributed by atoms with Crippen LogP contribution in [-0.2, 0) is 4.79 Å². The molecule has 0 aromatic rings. The molecular formula is C20H32O2. The summed E-state index contributed by atoms with van der Waals surface area (Å²) in [6.07, 6.45) is 10.8. The minimum absolute atomic E-state index is 0.126. The molecule has 0 spiro atoms. The minimum atomic E-state index is -0.151. The summed E-state index contributed by atoms with van der Waals surface area (Å²) in [5, 5.41) is 9.03. The average Bonchev–Trinajstić information content (AvgIpc) is 2.46. The van der Waals surface area contributed by atoms with Crippen LogP contribution in [0.3, 0.4) is 0 Å². The largest absolute Gasteiger partial charge is 0.392 e. The lowest BCUT2D eigenvalue weighted by Gasteiger charge is -2.57. The predicted octanol–water partition coefficient (Wildman–Crippen LogP) is 4.68. The number of aliphatic hydroxyl groups excluding tert-OH is 1. The van der Waals surface area contributed by atoms with E-state index in [4.69, 9.17) is 5.11 Å². The fourth-order valence-corrected chi connectivity index (χ4v) is 5.30. The van der Waals surface area contributed by atoms with Crippen molar-refractivity contribution < 1.29 is 9.90 Å². The maximum Gasteiger partial charge on any atom is 0.126 e. The van der Waals surface area contributed by atoms with E-state index in [-0.39, 0.29) is 17.4 Å². The number of hydrogen-bond acceptors (Lipinski definition) is 2. The number of aliphatic hydroxyl groups is 1. The van der Waals surface area contributed by atoms with Crippen LogP contribution in [0, 0.1) is 22.7 Å². The monoisotopic (exact) mass is 304 g/mol. The second-order valence-electron chi connectivity index (χ2n) is 8.06. The summed E-state index contributed by atoms with van der Waals surface area (Å²) in [6.45, 7) is 11.2. The highest BCUT2D eigenvalue weighted by Gasteiger charge is 2.54. The molecule has 0 aromatic carbocycles. The summed E-state index contributed by atoms with van der Waals surface area (Å²) in [5.41, 5.74) is 2.70. The fourth-order valence-electron chi connectivity index (χ4n) is 5.30. The predicted molar refractivity (Wildman–Crippen MR) is 91.6 cm³/mol. The number of aldehydes is 1. The summed E-state index contributed by atoms with van der Waals surface area (Å²) in [7, 11) is 0. The first-order valence-corrected chi connectivity index (χ1v) is 8.78. The molecule has 0 saturated heterocycles. The molecule has 0 radical (unpaired) electrons. The Morgan fingerprint density at radius 1 is 1.41 bits per heavy atom. The van der Waals surface area contributed by atoms with Crippen molar-refractivity contribution in [1.82, 2.24) is 0 Å². The molecule has 0 amide bonds. The van der Waals surface area contributed by atoms with Crippen LogP contribution >= 0.6 is 0 Å². The fraction of sp³-hybridized carbons (Fsp3) is 0.750. The first kappa shape index (κ1) is 17.5. The summed E-state index contributed by atoms with van der Waals surface area (Å²) < 4.78 is 0. The highest BCUT2D eigenvalue weighted by Crippen LogP contribution is 2.61. The molecule has 2 aliphatic rings. The van der Waals surface area contributed by atoms with Gasteiger partial charge in [-0.3, -0.25) is 0 Å². The number of rotatable bonds is 5. The Morgan fingerprint density at radius 3 is 2.77 bits per heavy atom. The lowest BCUT2D eigenvalue weighted by Crippen LogP contribution is -2.51. The number of fused-ring (bicyclic) bond motifs is 1. The van der Waals surface area contributed by atoms with Crippen molar-refractivity contribution in [3.8, 4) is 0 Å². The van der Waals surface area contributed by atoms with E-state index in [2.05, 4.69) is 27.4 Å². The van der Waals surface area contributed by atoms with Gasteiger partial charge in [0.25, 0.3) is 0 Å².